The van der Waals surface area contributed by atoms with Crippen LogP contribution in [0.5, 0.6) is 11.5 Å². The molecule has 4 nitrogen and oxygen atoms in total. The molecule has 86 valence electrons. The molecule has 0 radical (unpaired) electrons. The molecule has 4 heteroatoms. The maximum absolute atomic E-state index is 8.63. The molecule has 0 spiro atoms. The normalized spacial score (nSPS) is 7.88. The molecule has 0 amide bonds. The van der Waals surface area contributed by atoms with Gasteiger partial charge in [-0.25, -0.2) is 0 Å². The summed E-state index contributed by atoms with van der Waals surface area (Å²) in [4.78, 5) is 0. The third kappa shape index (κ3) is 7.37. The van der Waals surface area contributed by atoms with Crippen LogP contribution >= 0.6 is 0 Å². The van der Waals surface area contributed by atoms with Crippen molar-refractivity contribution in [3.8, 4) is 11.5 Å². The molecule has 2 rings (SSSR count). The molecule has 0 atom stereocenters. The number of hydrazine groups is 1. The molecule has 2 aromatic rings. The molecular weight excluding hydrogens is 204 g/mol. The number of hydrogen-bond acceptors (Lipinski definition) is 4. The van der Waals surface area contributed by atoms with E-state index in [1.807, 2.05) is 12.1 Å². The standard InChI is InChI=1S/2C6H6O.H4N2/c2*7-6-4-2-1-3-5-6;1-2/h2*1-5,7H;1-2H2. The van der Waals surface area contributed by atoms with E-state index in [1.165, 1.54) is 0 Å². The number of para-hydroxylation sites is 2. The van der Waals surface area contributed by atoms with Gasteiger partial charge >= 0.3 is 0 Å². The van der Waals surface area contributed by atoms with Gasteiger partial charge in [-0.3, -0.25) is 11.7 Å². The second kappa shape index (κ2) is 9.51. The van der Waals surface area contributed by atoms with Crippen LogP contribution in [0.4, 0.5) is 0 Å². The van der Waals surface area contributed by atoms with Gasteiger partial charge in [0.25, 0.3) is 0 Å². The quantitative estimate of drug-likeness (QED) is 0.401. The lowest BCUT2D eigenvalue weighted by molar-refractivity contribution is 0.475. The predicted octanol–water partition coefficient (Wildman–Crippen LogP) is 1.60. The van der Waals surface area contributed by atoms with E-state index >= 15 is 0 Å². The zero-order valence-corrected chi connectivity index (χ0v) is 8.82. The number of phenolic OH excluding ortho intramolecular Hbond substituents is 2. The molecule has 0 bridgehead atoms. The summed E-state index contributed by atoms with van der Waals surface area (Å²) in [7, 11) is 0. The Morgan fingerprint density at radius 1 is 0.562 bits per heavy atom. The Hall–Kier alpha value is -2.04. The molecule has 0 aliphatic carbocycles. The van der Waals surface area contributed by atoms with Gasteiger partial charge in [-0.1, -0.05) is 36.4 Å². The second-order valence-electron chi connectivity index (χ2n) is 2.67. The Labute approximate surface area is 94.7 Å². The molecule has 0 aromatic heterocycles. The number of rotatable bonds is 0. The molecule has 0 saturated carbocycles. The van der Waals surface area contributed by atoms with Crippen LogP contribution < -0.4 is 11.7 Å². The van der Waals surface area contributed by atoms with Crippen molar-refractivity contribution in [2.45, 2.75) is 0 Å². The van der Waals surface area contributed by atoms with Crippen LogP contribution in [0.25, 0.3) is 0 Å². The minimum absolute atomic E-state index is 0.322. The molecule has 6 N–H and O–H groups in total. The van der Waals surface area contributed by atoms with Gasteiger partial charge in [-0.2, -0.15) is 0 Å². The molecule has 0 heterocycles. The Morgan fingerprint density at radius 2 is 0.812 bits per heavy atom. The van der Waals surface area contributed by atoms with Gasteiger partial charge in [0.1, 0.15) is 11.5 Å². The van der Waals surface area contributed by atoms with Crippen molar-refractivity contribution in [1.29, 1.82) is 0 Å². The first-order valence-electron chi connectivity index (χ1n) is 4.60. The van der Waals surface area contributed by atoms with Crippen LogP contribution in [0.1, 0.15) is 0 Å². The zero-order chi connectivity index (χ0) is 12.2. The van der Waals surface area contributed by atoms with Crippen LogP contribution in [0, 0.1) is 0 Å². The lowest BCUT2D eigenvalue weighted by atomic mass is 10.3. The summed E-state index contributed by atoms with van der Waals surface area (Å²) < 4.78 is 0. The highest BCUT2D eigenvalue weighted by molar-refractivity contribution is 5.19. The van der Waals surface area contributed by atoms with Crippen molar-refractivity contribution >= 4 is 0 Å². The smallest absolute Gasteiger partial charge is 0.115 e. The van der Waals surface area contributed by atoms with E-state index in [1.54, 1.807) is 48.5 Å². The fraction of sp³-hybridized carbons (Fsp3) is 0. The summed E-state index contributed by atoms with van der Waals surface area (Å²) in [5.41, 5.74) is 0. The van der Waals surface area contributed by atoms with Gasteiger partial charge in [-0.15, -0.1) is 0 Å². The maximum atomic E-state index is 8.63. The van der Waals surface area contributed by atoms with Gasteiger partial charge < -0.3 is 10.2 Å². The fourth-order valence-electron chi connectivity index (χ4n) is 0.856. The Morgan fingerprint density at radius 3 is 0.938 bits per heavy atom. The lowest BCUT2D eigenvalue weighted by Crippen LogP contribution is -2.02. The highest BCUT2D eigenvalue weighted by Crippen LogP contribution is 2.03. The Balaban J connectivity index is 0.000000244. The summed E-state index contributed by atoms with van der Waals surface area (Å²) in [5.74, 6) is 8.64. The number of nitrogens with two attached hydrogens (primary N) is 2. The largest absolute Gasteiger partial charge is 0.508 e. The Kier molecular flexibility index (Phi) is 8.30. The van der Waals surface area contributed by atoms with Gasteiger partial charge in [0.05, 0.1) is 0 Å². The van der Waals surface area contributed by atoms with E-state index < -0.39 is 0 Å². The summed E-state index contributed by atoms with van der Waals surface area (Å²) >= 11 is 0. The van der Waals surface area contributed by atoms with E-state index in [2.05, 4.69) is 11.7 Å². The summed E-state index contributed by atoms with van der Waals surface area (Å²) in [6.07, 6.45) is 0. The molecule has 0 fully saturated rings. The molecule has 16 heavy (non-hydrogen) atoms. The maximum Gasteiger partial charge on any atom is 0.115 e. The van der Waals surface area contributed by atoms with Crippen molar-refractivity contribution in [1.82, 2.24) is 0 Å². The van der Waals surface area contributed by atoms with E-state index in [-0.39, 0.29) is 0 Å². The van der Waals surface area contributed by atoms with Crippen molar-refractivity contribution in [2.75, 3.05) is 0 Å². The molecular formula is C12H16N2O2. The summed E-state index contributed by atoms with van der Waals surface area (Å²) in [6.45, 7) is 0. The van der Waals surface area contributed by atoms with Crippen molar-refractivity contribution in [3.05, 3.63) is 60.7 Å². The number of aromatic hydroxyl groups is 2. The number of phenols is 2. The average Bonchev–Trinajstić information content (AvgIpc) is 2.34. The highest BCUT2D eigenvalue weighted by Gasteiger charge is 1.75. The van der Waals surface area contributed by atoms with E-state index in [4.69, 9.17) is 10.2 Å². The summed E-state index contributed by atoms with van der Waals surface area (Å²) in [6, 6.07) is 17.4. The fourth-order valence-corrected chi connectivity index (χ4v) is 0.856. The van der Waals surface area contributed by atoms with E-state index in [9.17, 15) is 0 Å². The first kappa shape index (κ1) is 14.0. The van der Waals surface area contributed by atoms with Crippen LogP contribution in [0.3, 0.4) is 0 Å². The molecule has 0 saturated heterocycles. The van der Waals surface area contributed by atoms with Crippen molar-refractivity contribution in [3.63, 3.8) is 0 Å². The van der Waals surface area contributed by atoms with Gasteiger partial charge in [-0.05, 0) is 24.3 Å². The number of benzene rings is 2. The first-order valence-corrected chi connectivity index (χ1v) is 4.60. The minimum atomic E-state index is 0.322. The second-order valence-corrected chi connectivity index (χ2v) is 2.67. The predicted molar refractivity (Wildman–Crippen MR) is 64.6 cm³/mol. The third-order valence-electron chi connectivity index (χ3n) is 1.51. The lowest BCUT2D eigenvalue weighted by Gasteiger charge is -1.82. The summed E-state index contributed by atoms with van der Waals surface area (Å²) in [5, 5.41) is 17.3. The SMILES string of the molecule is NN.Oc1ccccc1.Oc1ccccc1. The monoisotopic (exact) mass is 220 g/mol. The topological polar surface area (TPSA) is 92.5 Å². The third-order valence-corrected chi connectivity index (χ3v) is 1.51. The molecule has 0 aliphatic rings. The van der Waals surface area contributed by atoms with Crippen molar-refractivity contribution < 1.29 is 10.2 Å². The van der Waals surface area contributed by atoms with Crippen LogP contribution in [0.15, 0.2) is 60.7 Å². The van der Waals surface area contributed by atoms with Gasteiger partial charge in [0.15, 0.2) is 0 Å². The zero-order valence-electron chi connectivity index (χ0n) is 8.82. The van der Waals surface area contributed by atoms with Gasteiger partial charge in [0, 0.05) is 0 Å². The number of hydrogen-bond donors (Lipinski definition) is 4. The first-order chi connectivity index (χ1) is 7.79. The molecule has 0 unspecified atom stereocenters. The van der Waals surface area contributed by atoms with Gasteiger partial charge in [0.2, 0.25) is 0 Å². The van der Waals surface area contributed by atoms with Crippen molar-refractivity contribution in [2.24, 2.45) is 11.7 Å². The molecule has 2 aromatic carbocycles. The Bertz CT molecular complexity index is 314. The van der Waals surface area contributed by atoms with E-state index in [0.29, 0.717) is 11.5 Å². The van der Waals surface area contributed by atoms with Crippen LogP contribution in [-0.4, -0.2) is 10.2 Å². The highest BCUT2D eigenvalue weighted by atomic mass is 16.3. The average molecular weight is 220 g/mol. The van der Waals surface area contributed by atoms with Crippen LogP contribution in [-0.2, 0) is 0 Å². The minimum Gasteiger partial charge on any atom is -0.508 e. The molecule has 0 aliphatic heterocycles. The van der Waals surface area contributed by atoms with E-state index in [0.717, 1.165) is 0 Å². The van der Waals surface area contributed by atoms with Crippen LogP contribution in [0.2, 0.25) is 0 Å².